The number of carbonyl (C=O) groups excluding carboxylic acids is 1. The monoisotopic (exact) mass is 465 g/mol. The molecule has 5 nitrogen and oxygen atoms in total. The van der Waals surface area contributed by atoms with Gasteiger partial charge in [-0.15, -0.1) is 11.3 Å². The number of carbonyl (C=O) groups is 1. The van der Waals surface area contributed by atoms with Crippen molar-refractivity contribution in [2.75, 3.05) is 19.7 Å². The summed E-state index contributed by atoms with van der Waals surface area (Å²) in [7, 11) is 0. The van der Waals surface area contributed by atoms with Crippen LogP contribution in [0.15, 0.2) is 66.7 Å². The van der Waals surface area contributed by atoms with Crippen molar-refractivity contribution >= 4 is 27.2 Å². The van der Waals surface area contributed by atoms with Gasteiger partial charge in [0.1, 0.15) is 27.9 Å². The number of rotatable bonds is 10. The summed E-state index contributed by atoms with van der Waals surface area (Å²) in [5, 5.41) is 13.8. The SMILES string of the molecule is CCNCCCOc1ccc(Oc2c(C(=O)c3ccc(F)cc3)sc3cc(O)ccc23)cc1. The number of benzene rings is 3. The number of fused-ring (bicyclic) bond motifs is 1. The van der Waals surface area contributed by atoms with Gasteiger partial charge in [-0.1, -0.05) is 6.92 Å². The van der Waals surface area contributed by atoms with Gasteiger partial charge in [-0.25, -0.2) is 4.39 Å². The van der Waals surface area contributed by atoms with Crippen LogP contribution < -0.4 is 14.8 Å². The maximum absolute atomic E-state index is 13.3. The van der Waals surface area contributed by atoms with Crippen LogP contribution in [0.4, 0.5) is 4.39 Å². The van der Waals surface area contributed by atoms with Gasteiger partial charge >= 0.3 is 0 Å². The second-order valence-corrected chi connectivity index (χ2v) is 8.46. The summed E-state index contributed by atoms with van der Waals surface area (Å²) >= 11 is 1.23. The number of phenolic OH excluding ortho intramolecular Hbond substituents is 1. The van der Waals surface area contributed by atoms with Crippen LogP contribution in [-0.4, -0.2) is 30.6 Å². The lowest BCUT2D eigenvalue weighted by Crippen LogP contribution is -2.16. The van der Waals surface area contributed by atoms with Crippen molar-refractivity contribution in [1.82, 2.24) is 5.32 Å². The second kappa shape index (κ2) is 10.5. The zero-order chi connectivity index (χ0) is 23.2. The van der Waals surface area contributed by atoms with E-state index in [-0.39, 0.29) is 11.5 Å². The Morgan fingerprint density at radius 2 is 1.76 bits per heavy atom. The summed E-state index contributed by atoms with van der Waals surface area (Å²) in [4.78, 5) is 13.6. The minimum atomic E-state index is -0.409. The van der Waals surface area contributed by atoms with Gasteiger partial charge in [-0.05, 0) is 86.2 Å². The molecule has 3 aromatic carbocycles. The third-order valence-corrected chi connectivity index (χ3v) is 6.13. The third-order valence-electron chi connectivity index (χ3n) is 5.00. The lowest BCUT2D eigenvalue weighted by atomic mass is 10.1. The Hall–Kier alpha value is -3.42. The highest BCUT2D eigenvalue weighted by Gasteiger charge is 2.22. The lowest BCUT2D eigenvalue weighted by molar-refractivity contribution is 0.104. The maximum Gasteiger partial charge on any atom is 0.206 e. The van der Waals surface area contributed by atoms with Gasteiger partial charge in [0.15, 0.2) is 5.75 Å². The van der Waals surface area contributed by atoms with Gasteiger partial charge in [-0.2, -0.15) is 0 Å². The van der Waals surface area contributed by atoms with E-state index in [1.54, 1.807) is 30.3 Å². The van der Waals surface area contributed by atoms with E-state index in [2.05, 4.69) is 12.2 Å². The molecule has 0 spiro atoms. The normalized spacial score (nSPS) is 11.0. The van der Waals surface area contributed by atoms with E-state index < -0.39 is 5.82 Å². The fraction of sp³-hybridized carbons (Fsp3) is 0.192. The van der Waals surface area contributed by atoms with E-state index >= 15 is 0 Å². The first-order valence-electron chi connectivity index (χ1n) is 10.7. The Bertz CT molecular complexity index is 1240. The van der Waals surface area contributed by atoms with Crippen molar-refractivity contribution in [3.8, 4) is 23.0 Å². The molecule has 33 heavy (non-hydrogen) atoms. The van der Waals surface area contributed by atoms with Crippen molar-refractivity contribution < 1.29 is 23.8 Å². The molecule has 2 N–H and O–H groups in total. The molecular weight excluding hydrogens is 441 g/mol. The van der Waals surface area contributed by atoms with Crippen LogP contribution in [0.1, 0.15) is 28.6 Å². The summed E-state index contributed by atoms with van der Waals surface area (Å²) in [6, 6.07) is 17.5. The Morgan fingerprint density at radius 3 is 2.48 bits per heavy atom. The average Bonchev–Trinajstić information content (AvgIpc) is 3.17. The first kappa shape index (κ1) is 22.8. The van der Waals surface area contributed by atoms with Crippen molar-refractivity contribution in [2.24, 2.45) is 0 Å². The van der Waals surface area contributed by atoms with Crippen molar-refractivity contribution in [3.05, 3.63) is 83.0 Å². The predicted octanol–water partition coefficient (Wildman–Crippen LogP) is 6.15. The van der Waals surface area contributed by atoms with Crippen LogP contribution in [0.2, 0.25) is 0 Å². The number of hydrogen-bond donors (Lipinski definition) is 2. The zero-order valence-corrected chi connectivity index (χ0v) is 19.0. The smallest absolute Gasteiger partial charge is 0.206 e. The molecular formula is C26H24FNO4S. The van der Waals surface area contributed by atoms with Gasteiger partial charge in [-0.3, -0.25) is 4.79 Å². The van der Waals surface area contributed by atoms with E-state index in [0.717, 1.165) is 30.0 Å². The maximum atomic E-state index is 13.3. The molecule has 0 aliphatic rings. The number of ether oxygens (including phenoxy) is 2. The van der Waals surface area contributed by atoms with Gasteiger partial charge in [0.05, 0.1) is 6.61 Å². The molecule has 170 valence electrons. The predicted molar refractivity (Wildman–Crippen MR) is 128 cm³/mol. The molecule has 1 aromatic heterocycles. The van der Waals surface area contributed by atoms with Crippen molar-refractivity contribution in [2.45, 2.75) is 13.3 Å². The highest BCUT2D eigenvalue weighted by molar-refractivity contribution is 7.21. The van der Waals surface area contributed by atoms with Crippen molar-refractivity contribution in [1.29, 1.82) is 0 Å². The molecule has 0 saturated heterocycles. The van der Waals surface area contributed by atoms with Gasteiger partial charge < -0.3 is 19.9 Å². The standard InChI is InChI=1S/C26H24FNO4S/c1-2-28-14-3-15-31-20-9-11-21(12-10-20)32-25-22-13-8-19(29)16-23(22)33-26(25)24(30)17-4-6-18(27)7-5-17/h4-13,16,28-29H,2-3,14-15H2,1H3. The van der Waals surface area contributed by atoms with E-state index in [1.165, 1.54) is 35.6 Å². The Kier molecular flexibility index (Phi) is 7.22. The summed E-state index contributed by atoms with van der Waals surface area (Å²) in [6.45, 7) is 4.53. The Balaban J connectivity index is 1.58. The van der Waals surface area contributed by atoms with Crippen LogP contribution in [-0.2, 0) is 0 Å². The van der Waals surface area contributed by atoms with Crippen LogP contribution in [0.25, 0.3) is 10.1 Å². The average molecular weight is 466 g/mol. The van der Waals surface area contributed by atoms with E-state index in [9.17, 15) is 14.3 Å². The molecule has 0 fully saturated rings. The highest BCUT2D eigenvalue weighted by Crippen LogP contribution is 2.42. The molecule has 0 saturated carbocycles. The molecule has 0 bridgehead atoms. The number of phenols is 1. The van der Waals surface area contributed by atoms with Crippen LogP contribution >= 0.6 is 11.3 Å². The number of ketones is 1. The first-order valence-corrected chi connectivity index (χ1v) is 11.5. The molecule has 0 aliphatic heterocycles. The quantitative estimate of drug-likeness (QED) is 0.217. The molecule has 0 atom stereocenters. The Labute approximate surface area is 195 Å². The summed E-state index contributed by atoms with van der Waals surface area (Å²) in [5.74, 6) is 1.12. The lowest BCUT2D eigenvalue weighted by Gasteiger charge is -2.10. The van der Waals surface area contributed by atoms with Crippen LogP contribution in [0.3, 0.4) is 0 Å². The summed E-state index contributed by atoms with van der Waals surface area (Å²) < 4.78 is 25.9. The fourth-order valence-corrected chi connectivity index (χ4v) is 4.46. The number of halogens is 1. The fourth-order valence-electron chi connectivity index (χ4n) is 3.33. The van der Waals surface area contributed by atoms with Crippen LogP contribution in [0, 0.1) is 5.82 Å². The molecule has 0 amide bonds. The molecule has 4 aromatic rings. The molecule has 4 rings (SSSR count). The number of thiophene rings is 1. The Morgan fingerprint density at radius 1 is 1.03 bits per heavy atom. The molecule has 1 heterocycles. The molecule has 0 unspecified atom stereocenters. The third kappa shape index (κ3) is 5.50. The number of aromatic hydroxyl groups is 1. The van der Waals surface area contributed by atoms with Gasteiger partial charge in [0, 0.05) is 15.6 Å². The molecule has 0 aliphatic carbocycles. The van der Waals surface area contributed by atoms with Crippen LogP contribution in [0.5, 0.6) is 23.0 Å². The van der Waals surface area contributed by atoms with E-state index in [0.29, 0.717) is 33.9 Å². The summed E-state index contributed by atoms with van der Waals surface area (Å²) in [5.41, 5.74) is 0.360. The minimum Gasteiger partial charge on any atom is -0.508 e. The van der Waals surface area contributed by atoms with Gasteiger partial charge in [0.25, 0.3) is 0 Å². The number of nitrogens with one attached hydrogen (secondary N) is 1. The second-order valence-electron chi connectivity index (χ2n) is 7.41. The molecule has 0 radical (unpaired) electrons. The van der Waals surface area contributed by atoms with E-state index in [1.807, 2.05) is 12.1 Å². The topological polar surface area (TPSA) is 67.8 Å². The first-order chi connectivity index (χ1) is 16.0. The molecule has 7 heteroatoms. The largest absolute Gasteiger partial charge is 0.508 e. The van der Waals surface area contributed by atoms with Crippen molar-refractivity contribution in [3.63, 3.8) is 0 Å². The van der Waals surface area contributed by atoms with E-state index in [4.69, 9.17) is 9.47 Å². The highest BCUT2D eigenvalue weighted by atomic mass is 32.1. The zero-order valence-electron chi connectivity index (χ0n) is 18.1. The summed E-state index contributed by atoms with van der Waals surface area (Å²) in [6.07, 6.45) is 0.911. The van der Waals surface area contributed by atoms with Gasteiger partial charge in [0.2, 0.25) is 5.78 Å². The minimum absolute atomic E-state index is 0.103. The number of hydrogen-bond acceptors (Lipinski definition) is 6.